The number of aryl methyl sites for hydroxylation is 1. The molecule has 0 aromatic carbocycles. The van der Waals surface area contributed by atoms with E-state index in [2.05, 4.69) is 10.1 Å². The lowest BCUT2D eigenvalue weighted by atomic mass is 10.1. The summed E-state index contributed by atoms with van der Waals surface area (Å²) in [6.45, 7) is 2.75. The molecule has 0 radical (unpaired) electrons. The number of hydrogen-bond acceptors (Lipinski definition) is 3. The minimum absolute atomic E-state index is 0.0803. The van der Waals surface area contributed by atoms with Gasteiger partial charge in [0.25, 0.3) is 0 Å². The molecule has 0 aliphatic carbocycles. The van der Waals surface area contributed by atoms with E-state index in [1.54, 1.807) is 10.9 Å². The molecule has 2 aromatic heterocycles. The first kappa shape index (κ1) is 11.7. The summed E-state index contributed by atoms with van der Waals surface area (Å²) in [6, 6.07) is 2.79. The summed E-state index contributed by atoms with van der Waals surface area (Å²) in [7, 11) is 0. The van der Waals surface area contributed by atoms with Crippen molar-refractivity contribution >= 4 is 0 Å². The van der Waals surface area contributed by atoms with E-state index in [1.165, 1.54) is 18.3 Å². The molecule has 2 rings (SSSR count). The minimum Gasteiger partial charge on any atom is -0.386 e. The molecule has 1 N–H and O–H groups in total. The van der Waals surface area contributed by atoms with Gasteiger partial charge < -0.3 is 5.11 Å². The van der Waals surface area contributed by atoms with Crippen molar-refractivity contribution in [3.8, 4) is 0 Å². The lowest BCUT2D eigenvalue weighted by molar-refractivity contribution is 0.168. The van der Waals surface area contributed by atoms with Crippen LogP contribution in [0.4, 0.5) is 4.39 Å². The van der Waals surface area contributed by atoms with Gasteiger partial charge in [0, 0.05) is 25.4 Å². The fourth-order valence-electron chi connectivity index (χ4n) is 1.65. The zero-order chi connectivity index (χ0) is 12.3. The molecule has 4 nitrogen and oxygen atoms in total. The van der Waals surface area contributed by atoms with E-state index in [1.807, 2.05) is 13.1 Å². The van der Waals surface area contributed by atoms with Gasteiger partial charge in [-0.2, -0.15) is 5.10 Å². The first-order valence-electron chi connectivity index (χ1n) is 5.50. The fraction of sp³-hybridized carbons (Fsp3) is 0.333. The standard InChI is InChI=1S/C12H14FN3O/c1-2-16-8-9(7-15-16)6-11(17)12-10(13)4-3-5-14-12/h3-5,7-8,11,17H,2,6H2,1H3. The second-order valence-corrected chi connectivity index (χ2v) is 3.79. The molecule has 0 aliphatic rings. The largest absolute Gasteiger partial charge is 0.386 e. The number of halogens is 1. The van der Waals surface area contributed by atoms with E-state index in [0.717, 1.165) is 12.1 Å². The zero-order valence-corrected chi connectivity index (χ0v) is 9.55. The van der Waals surface area contributed by atoms with Crippen molar-refractivity contribution in [2.45, 2.75) is 26.0 Å². The molecule has 0 aliphatic heterocycles. The zero-order valence-electron chi connectivity index (χ0n) is 9.55. The van der Waals surface area contributed by atoms with Crippen molar-refractivity contribution in [1.82, 2.24) is 14.8 Å². The van der Waals surface area contributed by atoms with E-state index in [4.69, 9.17) is 0 Å². The monoisotopic (exact) mass is 235 g/mol. The van der Waals surface area contributed by atoms with Crippen molar-refractivity contribution in [1.29, 1.82) is 0 Å². The van der Waals surface area contributed by atoms with Crippen LogP contribution in [-0.4, -0.2) is 19.9 Å². The van der Waals surface area contributed by atoms with Gasteiger partial charge in [-0.1, -0.05) is 0 Å². The van der Waals surface area contributed by atoms with Gasteiger partial charge in [-0.3, -0.25) is 9.67 Å². The number of aliphatic hydroxyl groups excluding tert-OH is 1. The number of hydrogen-bond donors (Lipinski definition) is 1. The van der Waals surface area contributed by atoms with Crippen LogP contribution in [0.25, 0.3) is 0 Å². The third-order valence-electron chi connectivity index (χ3n) is 2.54. The van der Waals surface area contributed by atoms with E-state index in [-0.39, 0.29) is 5.69 Å². The van der Waals surface area contributed by atoms with Crippen LogP contribution in [-0.2, 0) is 13.0 Å². The van der Waals surface area contributed by atoms with Crippen LogP contribution in [0.15, 0.2) is 30.7 Å². The molecule has 0 saturated heterocycles. The van der Waals surface area contributed by atoms with Crippen LogP contribution in [0, 0.1) is 5.82 Å². The Labute approximate surface area is 98.7 Å². The first-order chi connectivity index (χ1) is 8.20. The van der Waals surface area contributed by atoms with Gasteiger partial charge >= 0.3 is 0 Å². The lowest BCUT2D eigenvalue weighted by Crippen LogP contribution is -2.06. The maximum atomic E-state index is 13.4. The summed E-state index contributed by atoms with van der Waals surface area (Å²) in [5.74, 6) is -0.483. The Hall–Kier alpha value is -1.75. The third-order valence-corrected chi connectivity index (χ3v) is 2.54. The highest BCUT2D eigenvalue weighted by molar-refractivity contribution is 5.14. The van der Waals surface area contributed by atoms with E-state index in [0.29, 0.717) is 6.42 Å². The molecule has 1 atom stereocenters. The summed E-state index contributed by atoms with van der Waals surface area (Å²) in [4.78, 5) is 3.85. The summed E-state index contributed by atoms with van der Waals surface area (Å²) in [5, 5.41) is 14.0. The topological polar surface area (TPSA) is 50.9 Å². The fourth-order valence-corrected chi connectivity index (χ4v) is 1.65. The third kappa shape index (κ3) is 2.68. The molecule has 17 heavy (non-hydrogen) atoms. The molecule has 0 saturated carbocycles. The Morgan fingerprint density at radius 3 is 3.00 bits per heavy atom. The summed E-state index contributed by atoms with van der Waals surface area (Å²) in [6.07, 6.45) is 4.36. The molecule has 2 heterocycles. The Morgan fingerprint density at radius 1 is 1.53 bits per heavy atom. The summed E-state index contributed by atoms with van der Waals surface area (Å²) < 4.78 is 15.1. The van der Waals surface area contributed by atoms with E-state index < -0.39 is 11.9 Å². The van der Waals surface area contributed by atoms with E-state index >= 15 is 0 Å². The smallest absolute Gasteiger partial charge is 0.147 e. The highest BCUT2D eigenvalue weighted by Gasteiger charge is 2.15. The number of rotatable bonds is 4. The number of pyridine rings is 1. The summed E-state index contributed by atoms with van der Waals surface area (Å²) in [5.41, 5.74) is 0.946. The highest BCUT2D eigenvalue weighted by Crippen LogP contribution is 2.18. The van der Waals surface area contributed by atoms with E-state index in [9.17, 15) is 9.50 Å². The van der Waals surface area contributed by atoms with Crippen molar-refractivity contribution in [3.05, 3.63) is 47.8 Å². The van der Waals surface area contributed by atoms with Crippen LogP contribution in [0.3, 0.4) is 0 Å². The van der Waals surface area contributed by atoms with Crippen molar-refractivity contribution in [2.75, 3.05) is 0 Å². The molecular weight excluding hydrogens is 221 g/mol. The maximum absolute atomic E-state index is 13.4. The molecule has 0 bridgehead atoms. The normalized spacial score (nSPS) is 12.6. The SMILES string of the molecule is CCn1cc(CC(O)c2ncccc2F)cn1. The lowest BCUT2D eigenvalue weighted by Gasteiger charge is -2.08. The Morgan fingerprint density at radius 2 is 2.35 bits per heavy atom. The van der Waals surface area contributed by atoms with Crippen molar-refractivity contribution < 1.29 is 9.50 Å². The molecule has 5 heteroatoms. The minimum atomic E-state index is -0.939. The van der Waals surface area contributed by atoms with Gasteiger partial charge in [-0.25, -0.2) is 4.39 Å². The highest BCUT2D eigenvalue weighted by atomic mass is 19.1. The van der Waals surface area contributed by atoms with Crippen molar-refractivity contribution in [2.24, 2.45) is 0 Å². The van der Waals surface area contributed by atoms with Crippen LogP contribution < -0.4 is 0 Å². The van der Waals surface area contributed by atoms with Crippen LogP contribution in [0.5, 0.6) is 0 Å². The second-order valence-electron chi connectivity index (χ2n) is 3.79. The predicted octanol–water partition coefficient (Wildman–Crippen LogP) is 1.71. The molecule has 2 aromatic rings. The van der Waals surface area contributed by atoms with Crippen molar-refractivity contribution in [3.63, 3.8) is 0 Å². The number of nitrogens with zero attached hydrogens (tertiary/aromatic N) is 3. The number of aliphatic hydroxyl groups is 1. The van der Waals surface area contributed by atoms with Gasteiger partial charge in [0.2, 0.25) is 0 Å². The molecular formula is C12H14FN3O. The summed E-state index contributed by atoms with van der Waals surface area (Å²) >= 11 is 0. The second kappa shape index (κ2) is 5.05. The average molecular weight is 235 g/mol. The maximum Gasteiger partial charge on any atom is 0.147 e. The Bertz CT molecular complexity index is 498. The number of aromatic nitrogens is 3. The van der Waals surface area contributed by atoms with Crippen LogP contribution in [0.1, 0.15) is 24.3 Å². The first-order valence-corrected chi connectivity index (χ1v) is 5.50. The molecule has 1 unspecified atom stereocenters. The van der Waals surface area contributed by atoms with Gasteiger partial charge in [0.05, 0.1) is 6.20 Å². The Kier molecular flexibility index (Phi) is 3.49. The van der Waals surface area contributed by atoms with Gasteiger partial charge in [0.1, 0.15) is 17.6 Å². The average Bonchev–Trinajstić information content (AvgIpc) is 2.77. The van der Waals surface area contributed by atoms with Crippen LogP contribution >= 0.6 is 0 Å². The van der Waals surface area contributed by atoms with Gasteiger partial charge in [0.15, 0.2) is 0 Å². The predicted molar refractivity (Wildman–Crippen MR) is 60.8 cm³/mol. The molecule has 90 valence electrons. The van der Waals surface area contributed by atoms with Gasteiger partial charge in [-0.15, -0.1) is 0 Å². The molecule has 0 amide bonds. The molecule has 0 fully saturated rings. The molecule has 0 spiro atoms. The van der Waals surface area contributed by atoms with Gasteiger partial charge in [-0.05, 0) is 24.6 Å². The van der Waals surface area contributed by atoms with Crippen LogP contribution in [0.2, 0.25) is 0 Å². The Balaban J connectivity index is 2.11. The quantitative estimate of drug-likeness (QED) is 0.877.